The Balaban J connectivity index is 2.51. The highest BCUT2D eigenvalue weighted by Gasteiger charge is 2.36. The van der Waals surface area contributed by atoms with Crippen LogP contribution in [0, 0.1) is 5.92 Å². The highest BCUT2D eigenvalue weighted by molar-refractivity contribution is 6.04. The summed E-state index contributed by atoms with van der Waals surface area (Å²) in [5, 5.41) is 2.72. The van der Waals surface area contributed by atoms with Crippen LogP contribution in [0.4, 0.5) is 4.79 Å². The van der Waals surface area contributed by atoms with Crippen molar-refractivity contribution in [2.75, 3.05) is 6.54 Å². The summed E-state index contributed by atoms with van der Waals surface area (Å²) in [6.45, 7) is 6.72. The van der Waals surface area contributed by atoms with Gasteiger partial charge in [0.05, 0.1) is 0 Å². The lowest BCUT2D eigenvalue weighted by Crippen LogP contribution is -2.33. The number of carbonyl (C=O) groups is 2. The van der Waals surface area contributed by atoms with E-state index in [1.165, 1.54) is 4.90 Å². The summed E-state index contributed by atoms with van der Waals surface area (Å²) in [5.41, 5.74) is 0. The van der Waals surface area contributed by atoms with Crippen LogP contribution in [0.5, 0.6) is 0 Å². The minimum absolute atomic E-state index is 0.0532. The van der Waals surface area contributed by atoms with Crippen LogP contribution in [0.25, 0.3) is 0 Å². The molecule has 1 heterocycles. The van der Waals surface area contributed by atoms with Gasteiger partial charge in [0, 0.05) is 6.54 Å². The van der Waals surface area contributed by atoms with E-state index in [1.807, 2.05) is 6.92 Å². The largest absolute Gasteiger partial charge is 0.326 e. The van der Waals surface area contributed by atoms with Crippen molar-refractivity contribution in [2.24, 2.45) is 5.92 Å². The lowest BCUT2D eigenvalue weighted by atomic mass is 10.1. The number of hydrogen-bond acceptors (Lipinski definition) is 2. The van der Waals surface area contributed by atoms with Crippen LogP contribution in [-0.2, 0) is 4.79 Å². The fourth-order valence-electron chi connectivity index (χ4n) is 1.66. The Morgan fingerprint density at radius 1 is 1.40 bits per heavy atom. The molecule has 1 atom stereocenters. The molecule has 0 saturated carbocycles. The van der Waals surface area contributed by atoms with Gasteiger partial charge in [-0.25, -0.2) is 4.79 Å². The third-order valence-corrected chi connectivity index (χ3v) is 2.61. The number of hydrogen-bond donors (Lipinski definition) is 1. The van der Waals surface area contributed by atoms with Gasteiger partial charge < -0.3 is 5.32 Å². The van der Waals surface area contributed by atoms with Crippen LogP contribution >= 0.6 is 0 Å². The quantitative estimate of drug-likeness (QED) is 0.706. The summed E-state index contributed by atoms with van der Waals surface area (Å²) in [6, 6.07) is -0.506. The van der Waals surface area contributed by atoms with Crippen molar-refractivity contribution in [1.29, 1.82) is 0 Å². The Kier molecular flexibility index (Phi) is 4.12. The molecule has 1 saturated heterocycles. The maximum absolute atomic E-state index is 11.8. The molecule has 1 N–H and O–H groups in total. The molecule has 4 nitrogen and oxygen atoms in total. The molecule has 0 aromatic rings. The zero-order valence-electron chi connectivity index (χ0n) is 9.75. The van der Waals surface area contributed by atoms with E-state index in [2.05, 4.69) is 19.2 Å². The van der Waals surface area contributed by atoms with Crippen LogP contribution in [0.3, 0.4) is 0 Å². The van der Waals surface area contributed by atoms with E-state index in [0.717, 1.165) is 19.3 Å². The third-order valence-electron chi connectivity index (χ3n) is 2.61. The standard InChI is InChI=1S/C11H20N2O2/c1-4-5-9-10(14)13(11(15)12-9)7-6-8(2)3/h8-9H,4-7H2,1-3H3,(H,12,15). The lowest BCUT2D eigenvalue weighted by Gasteiger charge is -2.14. The first kappa shape index (κ1) is 12.0. The third kappa shape index (κ3) is 2.94. The number of carbonyl (C=O) groups excluding carboxylic acids is 2. The van der Waals surface area contributed by atoms with E-state index in [1.54, 1.807) is 0 Å². The summed E-state index contributed by atoms with van der Waals surface area (Å²) in [5.74, 6) is 0.457. The predicted octanol–water partition coefficient (Wildman–Crippen LogP) is 1.75. The second-order valence-electron chi connectivity index (χ2n) is 4.46. The van der Waals surface area contributed by atoms with E-state index in [4.69, 9.17) is 0 Å². The lowest BCUT2D eigenvalue weighted by molar-refractivity contribution is -0.127. The van der Waals surface area contributed by atoms with Crippen molar-refractivity contribution in [3.8, 4) is 0 Å². The van der Waals surface area contributed by atoms with Crippen molar-refractivity contribution in [1.82, 2.24) is 10.2 Å². The van der Waals surface area contributed by atoms with Gasteiger partial charge in [-0.1, -0.05) is 27.2 Å². The molecule has 86 valence electrons. The molecule has 1 aliphatic heterocycles. The molecule has 3 amide bonds. The molecule has 0 aromatic carbocycles. The average Bonchev–Trinajstić information content (AvgIpc) is 2.40. The molecular formula is C11H20N2O2. The molecule has 1 rings (SSSR count). The van der Waals surface area contributed by atoms with Crippen LogP contribution in [-0.4, -0.2) is 29.4 Å². The summed E-state index contributed by atoms with van der Waals surface area (Å²) in [4.78, 5) is 24.6. The molecule has 15 heavy (non-hydrogen) atoms. The minimum atomic E-state index is -0.283. The number of nitrogens with zero attached hydrogens (tertiary/aromatic N) is 1. The van der Waals surface area contributed by atoms with Crippen LogP contribution < -0.4 is 5.32 Å². The van der Waals surface area contributed by atoms with Gasteiger partial charge >= 0.3 is 6.03 Å². The number of nitrogens with one attached hydrogen (secondary N) is 1. The molecule has 4 heteroatoms. The van der Waals surface area contributed by atoms with Gasteiger partial charge in [0.15, 0.2) is 0 Å². The van der Waals surface area contributed by atoms with Crippen molar-refractivity contribution in [3.63, 3.8) is 0 Å². The molecule has 0 spiro atoms. The van der Waals surface area contributed by atoms with Crippen molar-refractivity contribution >= 4 is 11.9 Å². The van der Waals surface area contributed by atoms with E-state index >= 15 is 0 Å². The number of imide groups is 1. The number of rotatable bonds is 5. The van der Waals surface area contributed by atoms with Crippen molar-refractivity contribution in [2.45, 2.75) is 46.1 Å². The molecule has 0 aliphatic carbocycles. The van der Waals surface area contributed by atoms with Crippen LogP contribution in [0.2, 0.25) is 0 Å². The summed E-state index contributed by atoms with van der Waals surface area (Å²) in [7, 11) is 0. The molecular weight excluding hydrogens is 192 g/mol. The van der Waals surface area contributed by atoms with E-state index in [9.17, 15) is 9.59 Å². The maximum Gasteiger partial charge on any atom is 0.324 e. The highest BCUT2D eigenvalue weighted by Crippen LogP contribution is 2.12. The second kappa shape index (κ2) is 5.14. The molecule has 0 bridgehead atoms. The van der Waals surface area contributed by atoms with Crippen molar-refractivity contribution < 1.29 is 9.59 Å². The van der Waals surface area contributed by atoms with E-state index < -0.39 is 0 Å². The summed E-state index contributed by atoms with van der Waals surface area (Å²) < 4.78 is 0. The van der Waals surface area contributed by atoms with Gasteiger partial charge in [-0.2, -0.15) is 0 Å². The topological polar surface area (TPSA) is 49.4 Å². The zero-order chi connectivity index (χ0) is 11.4. The molecule has 0 aromatic heterocycles. The SMILES string of the molecule is CCCC1NC(=O)N(CCC(C)C)C1=O. The van der Waals surface area contributed by atoms with Gasteiger partial charge in [0.25, 0.3) is 5.91 Å². The Bertz CT molecular complexity index is 251. The van der Waals surface area contributed by atoms with Gasteiger partial charge in [0.1, 0.15) is 6.04 Å². The molecule has 0 radical (unpaired) electrons. The number of amides is 3. The van der Waals surface area contributed by atoms with Crippen LogP contribution in [0.15, 0.2) is 0 Å². The first-order valence-corrected chi connectivity index (χ1v) is 5.68. The minimum Gasteiger partial charge on any atom is -0.326 e. The van der Waals surface area contributed by atoms with Crippen molar-refractivity contribution in [3.05, 3.63) is 0 Å². The Labute approximate surface area is 91.0 Å². The Morgan fingerprint density at radius 3 is 2.60 bits per heavy atom. The van der Waals surface area contributed by atoms with Gasteiger partial charge in [0.2, 0.25) is 0 Å². The van der Waals surface area contributed by atoms with Gasteiger partial charge in [-0.15, -0.1) is 0 Å². The summed E-state index contributed by atoms with van der Waals surface area (Å²) in [6.07, 6.45) is 2.52. The normalized spacial score (nSPS) is 21.3. The molecule has 1 unspecified atom stereocenters. The predicted molar refractivity (Wildman–Crippen MR) is 58.4 cm³/mol. The number of urea groups is 1. The first-order valence-electron chi connectivity index (χ1n) is 5.68. The van der Waals surface area contributed by atoms with E-state index in [0.29, 0.717) is 12.5 Å². The fourth-order valence-corrected chi connectivity index (χ4v) is 1.66. The zero-order valence-corrected chi connectivity index (χ0v) is 9.75. The highest BCUT2D eigenvalue weighted by atomic mass is 16.2. The summed E-state index contributed by atoms with van der Waals surface area (Å²) >= 11 is 0. The Morgan fingerprint density at radius 2 is 2.07 bits per heavy atom. The van der Waals surface area contributed by atoms with Gasteiger partial charge in [-0.05, 0) is 18.8 Å². The smallest absolute Gasteiger partial charge is 0.324 e. The monoisotopic (exact) mass is 212 g/mol. The maximum atomic E-state index is 11.8. The average molecular weight is 212 g/mol. The second-order valence-corrected chi connectivity index (χ2v) is 4.46. The van der Waals surface area contributed by atoms with E-state index in [-0.39, 0.29) is 18.0 Å². The first-order chi connectivity index (χ1) is 7.06. The van der Waals surface area contributed by atoms with Gasteiger partial charge in [-0.3, -0.25) is 9.69 Å². The fraction of sp³-hybridized carbons (Fsp3) is 0.818. The van der Waals surface area contributed by atoms with Crippen LogP contribution in [0.1, 0.15) is 40.0 Å². The molecule has 1 aliphatic rings. The molecule has 1 fully saturated rings. The Hall–Kier alpha value is -1.06.